The number of fused-ring (bicyclic) bond motifs is 5. The fourth-order valence-corrected chi connectivity index (χ4v) is 5.69. The van der Waals surface area contributed by atoms with Gasteiger partial charge in [-0.1, -0.05) is 18.2 Å². The number of aromatic hydroxyl groups is 1. The minimum Gasteiger partial charge on any atom is -0.507 e. The second kappa shape index (κ2) is 6.73. The van der Waals surface area contributed by atoms with Gasteiger partial charge in [0.25, 0.3) is 0 Å². The van der Waals surface area contributed by atoms with Crippen molar-refractivity contribution in [1.82, 2.24) is 9.78 Å². The van der Waals surface area contributed by atoms with Crippen molar-refractivity contribution in [2.45, 2.75) is 45.1 Å². The van der Waals surface area contributed by atoms with Crippen LogP contribution in [-0.2, 0) is 16.6 Å². The highest BCUT2D eigenvalue weighted by Gasteiger charge is 2.68. The van der Waals surface area contributed by atoms with Crippen molar-refractivity contribution in [2.24, 2.45) is 0 Å². The molecule has 3 aromatic rings. The second-order valence-electron chi connectivity index (χ2n) is 9.53. The lowest BCUT2D eigenvalue weighted by atomic mass is 9.68. The maximum Gasteiger partial charge on any atom is 0.167 e. The lowest BCUT2D eigenvalue weighted by Gasteiger charge is -2.32. The van der Waals surface area contributed by atoms with Crippen LogP contribution in [0.4, 0.5) is 0 Å². The number of nitrogens with zero attached hydrogens (tertiary/aromatic N) is 2. The number of Topliss-reactive ketones (excluding diaryl/α,β-unsaturated/α-hetero) is 1. The van der Waals surface area contributed by atoms with E-state index in [-0.39, 0.29) is 17.1 Å². The molecule has 174 valence electrons. The normalized spacial score (nSPS) is 24.0. The highest BCUT2D eigenvalue weighted by Crippen LogP contribution is 2.65. The van der Waals surface area contributed by atoms with Crippen molar-refractivity contribution in [1.29, 1.82) is 0 Å². The van der Waals surface area contributed by atoms with Crippen LogP contribution in [0.15, 0.2) is 36.1 Å². The van der Waals surface area contributed by atoms with Crippen molar-refractivity contribution >= 4 is 11.9 Å². The molecule has 3 heterocycles. The van der Waals surface area contributed by atoms with E-state index in [0.717, 1.165) is 28.2 Å². The lowest BCUT2D eigenvalue weighted by Crippen LogP contribution is -2.41. The first-order valence-corrected chi connectivity index (χ1v) is 11.4. The first-order valence-electron chi connectivity index (χ1n) is 11.4. The third-order valence-corrected chi connectivity index (χ3v) is 7.73. The summed E-state index contributed by atoms with van der Waals surface area (Å²) in [7, 11) is 1.57. The van der Waals surface area contributed by atoms with Gasteiger partial charge in [-0.05, 0) is 39.8 Å². The van der Waals surface area contributed by atoms with Gasteiger partial charge in [0.05, 0.1) is 41.8 Å². The number of para-hydroxylation sites is 1. The number of ether oxygens (including phenoxy) is 3. The summed E-state index contributed by atoms with van der Waals surface area (Å²) in [4.78, 5) is 12.6. The number of aryl methyl sites for hydroxylation is 1. The van der Waals surface area contributed by atoms with E-state index < -0.39 is 11.0 Å². The molecule has 1 fully saturated rings. The Bertz CT molecular complexity index is 1420. The van der Waals surface area contributed by atoms with E-state index in [9.17, 15) is 9.90 Å². The highest BCUT2D eigenvalue weighted by atomic mass is 16.6. The molecule has 0 amide bonds. The van der Waals surface area contributed by atoms with Gasteiger partial charge in [0.15, 0.2) is 5.78 Å². The van der Waals surface area contributed by atoms with E-state index in [2.05, 4.69) is 6.92 Å². The zero-order chi connectivity index (χ0) is 24.0. The van der Waals surface area contributed by atoms with Crippen molar-refractivity contribution in [3.8, 4) is 22.9 Å². The number of phenolic OH excluding ortho intramolecular Hbond substituents is 1. The van der Waals surface area contributed by atoms with E-state index in [1.54, 1.807) is 14.0 Å². The van der Waals surface area contributed by atoms with Crippen LogP contribution in [0.5, 0.6) is 17.2 Å². The standard InChI is InChI=1S/C27H26N2O5/c1-14-23(31)21(16(3)30)25-22(24(14)32-5)26(4)20(34-25)11-19-18(12-27(26)13-33-27)15(2)28-29(19)17-9-7-6-8-10-17/h6-11,31H,12-13H2,1-5H3/t26-,27?/m0/s1. The molecule has 2 aliphatic heterocycles. The van der Waals surface area contributed by atoms with Crippen LogP contribution in [0.2, 0.25) is 0 Å². The number of hydrogen-bond acceptors (Lipinski definition) is 6. The monoisotopic (exact) mass is 458 g/mol. The fourth-order valence-electron chi connectivity index (χ4n) is 5.69. The Kier molecular flexibility index (Phi) is 4.15. The summed E-state index contributed by atoms with van der Waals surface area (Å²) >= 11 is 0. The Morgan fingerprint density at radius 1 is 1.24 bits per heavy atom. The summed E-state index contributed by atoms with van der Waals surface area (Å²) in [6.07, 6.45) is 2.65. The Morgan fingerprint density at radius 2 is 1.94 bits per heavy atom. The molecule has 0 radical (unpaired) electrons. The van der Waals surface area contributed by atoms with Crippen LogP contribution in [0.1, 0.15) is 52.3 Å². The summed E-state index contributed by atoms with van der Waals surface area (Å²) in [5.74, 6) is 1.14. The summed E-state index contributed by atoms with van der Waals surface area (Å²) in [6, 6.07) is 9.97. The van der Waals surface area contributed by atoms with Crippen LogP contribution in [0.25, 0.3) is 11.8 Å². The number of phenols is 1. The molecule has 1 unspecified atom stereocenters. The third-order valence-electron chi connectivity index (χ3n) is 7.73. The maximum absolute atomic E-state index is 12.6. The predicted octanol–water partition coefficient (Wildman–Crippen LogP) is 4.42. The molecular weight excluding hydrogens is 432 g/mol. The van der Waals surface area contributed by atoms with Crippen molar-refractivity contribution < 1.29 is 24.1 Å². The van der Waals surface area contributed by atoms with Gasteiger partial charge < -0.3 is 19.3 Å². The van der Waals surface area contributed by atoms with Crippen LogP contribution >= 0.6 is 0 Å². The molecule has 6 rings (SSSR count). The molecule has 0 bridgehead atoms. The topological polar surface area (TPSA) is 86.1 Å². The minimum absolute atomic E-state index is 0.111. The number of hydrogen-bond donors (Lipinski definition) is 1. The predicted molar refractivity (Wildman–Crippen MR) is 126 cm³/mol. The minimum atomic E-state index is -0.719. The highest BCUT2D eigenvalue weighted by molar-refractivity contribution is 6.02. The van der Waals surface area contributed by atoms with Crippen LogP contribution < -0.4 is 9.47 Å². The molecule has 3 aliphatic rings. The van der Waals surface area contributed by atoms with E-state index in [0.29, 0.717) is 35.8 Å². The van der Waals surface area contributed by atoms with E-state index in [1.165, 1.54) is 6.92 Å². The Hall–Kier alpha value is -3.58. The lowest BCUT2D eigenvalue weighted by molar-refractivity contribution is 0.101. The molecule has 34 heavy (non-hydrogen) atoms. The van der Waals surface area contributed by atoms with Crippen molar-refractivity contribution in [3.05, 3.63) is 69.7 Å². The molecule has 2 atom stereocenters. The molecule has 0 saturated carbocycles. The number of methoxy groups -OCH3 is 1. The van der Waals surface area contributed by atoms with E-state index >= 15 is 0 Å². The average molecular weight is 459 g/mol. The molecule has 1 aliphatic carbocycles. The van der Waals surface area contributed by atoms with Gasteiger partial charge in [0.1, 0.15) is 34.2 Å². The van der Waals surface area contributed by atoms with Gasteiger partial charge in [0, 0.05) is 23.6 Å². The number of carbonyl (C=O) groups excluding carboxylic acids is 1. The molecule has 1 saturated heterocycles. The molecule has 1 spiro atoms. The molecular formula is C27H26N2O5. The van der Waals surface area contributed by atoms with Crippen LogP contribution in [-0.4, -0.2) is 40.0 Å². The van der Waals surface area contributed by atoms with Gasteiger partial charge in [-0.3, -0.25) is 4.79 Å². The summed E-state index contributed by atoms with van der Waals surface area (Å²) in [6.45, 7) is 7.83. The Labute approximate surface area is 197 Å². The van der Waals surface area contributed by atoms with E-state index in [1.807, 2.05) is 48.0 Å². The largest absolute Gasteiger partial charge is 0.507 e. The SMILES string of the molecule is COc1c(C)c(O)c(C(C)=O)c2c1[C@]1(C)C(=Cc3c(c(C)nn3-c3ccccc3)CC13CO3)O2. The van der Waals surface area contributed by atoms with Crippen LogP contribution in [0, 0.1) is 13.8 Å². The molecule has 1 aromatic heterocycles. The van der Waals surface area contributed by atoms with Gasteiger partial charge in [-0.15, -0.1) is 0 Å². The quantitative estimate of drug-likeness (QED) is 0.462. The van der Waals surface area contributed by atoms with Gasteiger partial charge in [-0.2, -0.15) is 5.10 Å². The van der Waals surface area contributed by atoms with E-state index in [4.69, 9.17) is 19.3 Å². The first-order chi connectivity index (χ1) is 16.2. The molecule has 2 aromatic carbocycles. The maximum atomic E-state index is 12.6. The molecule has 7 heteroatoms. The summed E-state index contributed by atoms with van der Waals surface area (Å²) < 4.78 is 20.4. The zero-order valence-corrected chi connectivity index (χ0v) is 19.9. The number of aromatic nitrogens is 2. The number of epoxide rings is 1. The zero-order valence-electron chi connectivity index (χ0n) is 19.9. The molecule has 7 nitrogen and oxygen atoms in total. The van der Waals surface area contributed by atoms with Crippen LogP contribution in [0.3, 0.4) is 0 Å². The van der Waals surface area contributed by atoms with Gasteiger partial charge in [-0.25, -0.2) is 4.68 Å². The summed E-state index contributed by atoms with van der Waals surface area (Å²) in [5.41, 5.74) is 4.07. The van der Waals surface area contributed by atoms with Gasteiger partial charge in [0.2, 0.25) is 0 Å². The second-order valence-corrected chi connectivity index (χ2v) is 9.53. The fraction of sp³-hybridized carbons (Fsp3) is 0.333. The van der Waals surface area contributed by atoms with Crippen molar-refractivity contribution in [3.63, 3.8) is 0 Å². The van der Waals surface area contributed by atoms with Crippen molar-refractivity contribution in [2.75, 3.05) is 13.7 Å². The molecule has 1 N–H and O–H groups in total. The number of benzene rings is 2. The third kappa shape index (κ3) is 2.45. The average Bonchev–Trinajstić information content (AvgIpc) is 3.49. The first kappa shape index (κ1) is 21.0. The Morgan fingerprint density at radius 3 is 2.56 bits per heavy atom. The number of rotatable bonds is 3. The van der Waals surface area contributed by atoms with Gasteiger partial charge >= 0.3 is 0 Å². The Balaban J connectivity index is 1.67. The summed E-state index contributed by atoms with van der Waals surface area (Å²) in [5, 5.41) is 15.7. The smallest absolute Gasteiger partial charge is 0.167 e. The number of carbonyl (C=O) groups is 1. The number of ketones is 1.